The molecule has 1 aliphatic heterocycles. The lowest BCUT2D eigenvalue weighted by atomic mass is 10.1. The number of ether oxygens (including phenoxy) is 1. The van der Waals surface area contributed by atoms with Crippen molar-refractivity contribution in [1.29, 1.82) is 0 Å². The molecule has 2 rings (SSSR count). The number of halogens is 1. The van der Waals surface area contributed by atoms with E-state index in [1.807, 2.05) is 0 Å². The number of alkyl halides is 1. The number of aliphatic carboxylic acids is 1. The van der Waals surface area contributed by atoms with Gasteiger partial charge < -0.3 is 25.4 Å². The normalized spacial score (nSPS) is 15.6. The fourth-order valence-corrected chi connectivity index (χ4v) is 3.62. The van der Waals surface area contributed by atoms with Gasteiger partial charge in [-0.2, -0.15) is 0 Å². The number of carbonyl (C=O) groups is 1. The summed E-state index contributed by atoms with van der Waals surface area (Å²) in [5, 5.41) is 15.4. The number of nitrogens with one attached hydrogen (secondary N) is 2. The lowest BCUT2D eigenvalue weighted by molar-refractivity contribution is -0.139. The van der Waals surface area contributed by atoms with Crippen LogP contribution in [0.15, 0.2) is 12.1 Å². The van der Waals surface area contributed by atoms with Crippen LogP contribution in [0.1, 0.15) is 36.9 Å². The van der Waals surface area contributed by atoms with Crippen molar-refractivity contribution in [2.24, 2.45) is 0 Å². The average Bonchev–Trinajstić information content (AvgIpc) is 2.74. The number of aromatic nitrogens is 1. The highest BCUT2D eigenvalue weighted by Crippen LogP contribution is 2.20. The zero-order chi connectivity index (χ0) is 21.1. The highest BCUT2D eigenvalue weighted by atomic mass is 19.1. The van der Waals surface area contributed by atoms with Gasteiger partial charge in [0.1, 0.15) is 18.5 Å². The summed E-state index contributed by atoms with van der Waals surface area (Å²) >= 11 is 0. The number of carboxylic acid groups (broad SMARTS) is 1. The van der Waals surface area contributed by atoms with Gasteiger partial charge in [0.25, 0.3) is 0 Å². The minimum atomic E-state index is -0.867. The molecule has 0 fully saturated rings. The molecule has 0 aromatic carbocycles. The van der Waals surface area contributed by atoms with Crippen LogP contribution in [0.5, 0.6) is 0 Å². The van der Waals surface area contributed by atoms with E-state index >= 15 is 0 Å². The Hall–Kier alpha value is -1.77. The molecule has 8 heteroatoms. The summed E-state index contributed by atoms with van der Waals surface area (Å²) in [6.07, 6.45) is 5.03. The van der Waals surface area contributed by atoms with Gasteiger partial charge in [-0.3, -0.25) is 4.79 Å². The number of hydrogen-bond acceptors (Lipinski definition) is 6. The van der Waals surface area contributed by atoms with Gasteiger partial charge in [0, 0.05) is 32.4 Å². The molecule has 7 nitrogen and oxygen atoms in total. The summed E-state index contributed by atoms with van der Waals surface area (Å²) in [6, 6.07) is 3.68. The summed E-state index contributed by atoms with van der Waals surface area (Å²) in [7, 11) is 3.15. The standard InChI is InChI=1S/C21H35FN4O3/c1-23-19(21(27)28)10-13-26(15-18(14-22)29-2)12-4-3-7-17-9-8-16-6-5-11-24-20(16)25-17/h8-9,18-19,23H,3-7,10-15H2,1-2H3,(H,24,25)(H,27,28). The number of likely N-dealkylation sites (N-methyl/N-ethyl adjacent to an activating group) is 1. The molecule has 164 valence electrons. The van der Waals surface area contributed by atoms with E-state index in [-0.39, 0.29) is 0 Å². The van der Waals surface area contributed by atoms with E-state index in [9.17, 15) is 14.3 Å². The molecule has 0 saturated heterocycles. The first kappa shape index (κ1) is 23.5. The number of fused-ring (bicyclic) bond motifs is 1. The highest BCUT2D eigenvalue weighted by molar-refractivity contribution is 5.73. The van der Waals surface area contributed by atoms with Gasteiger partial charge in [-0.15, -0.1) is 0 Å². The maximum absolute atomic E-state index is 13.1. The third-order valence-electron chi connectivity index (χ3n) is 5.46. The van der Waals surface area contributed by atoms with Gasteiger partial charge in [0.15, 0.2) is 0 Å². The summed E-state index contributed by atoms with van der Waals surface area (Å²) in [4.78, 5) is 18.0. The number of methoxy groups -OCH3 is 1. The smallest absolute Gasteiger partial charge is 0.320 e. The second kappa shape index (κ2) is 12.7. The van der Waals surface area contributed by atoms with E-state index in [1.165, 1.54) is 12.7 Å². The number of pyridine rings is 1. The van der Waals surface area contributed by atoms with Crippen molar-refractivity contribution in [2.75, 3.05) is 52.3 Å². The van der Waals surface area contributed by atoms with Crippen molar-refractivity contribution in [3.63, 3.8) is 0 Å². The summed E-state index contributed by atoms with van der Waals surface area (Å²) in [6.45, 7) is 2.26. The van der Waals surface area contributed by atoms with E-state index in [0.29, 0.717) is 19.5 Å². The maximum atomic E-state index is 13.1. The van der Waals surface area contributed by atoms with Gasteiger partial charge in [-0.05, 0) is 63.7 Å². The third kappa shape index (κ3) is 7.87. The van der Waals surface area contributed by atoms with Gasteiger partial charge in [0.2, 0.25) is 0 Å². The van der Waals surface area contributed by atoms with Crippen LogP contribution < -0.4 is 10.6 Å². The third-order valence-corrected chi connectivity index (χ3v) is 5.46. The number of rotatable bonds is 14. The largest absolute Gasteiger partial charge is 0.480 e. The van der Waals surface area contributed by atoms with E-state index < -0.39 is 24.8 Å². The Kier molecular flexibility index (Phi) is 10.3. The molecule has 2 atom stereocenters. The van der Waals surface area contributed by atoms with Crippen LogP contribution in [0.2, 0.25) is 0 Å². The van der Waals surface area contributed by atoms with Crippen LogP contribution in [0.4, 0.5) is 10.2 Å². The second-order valence-corrected chi connectivity index (χ2v) is 7.58. The molecule has 0 aliphatic carbocycles. The maximum Gasteiger partial charge on any atom is 0.320 e. The predicted molar refractivity (Wildman–Crippen MR) is 112 cm³/mol. The molecule has 1 aromatic rings. The lowest BCUT2D eigenvalue weighted by Crippen LogP contribution is -2.41. The van der Waals surface area contributed by atoms with Gasteiger partial charge in [-0.1, -0.05) is 6.07 Å². The minimum Gasteiger partial charge on any atom is -0.480 e. The molecule has 1 aromatic heterocycles. The SMILES string of the molecule is CNC(CCN(CCCCc1ccc2c(n1)NCCC2)CC(CF)OC)C(=O)O. The van der Waals surface area contributed by atoms with Crippen molar-refractivity contribution in [3.8, 4) is 0 Å². The molecule has 3 N–H and O–H groups in total. The van der Waals surface area contributed by atoms with Crippen LogP contribution in [-0.2, 0) is 22.4 Å². The highest BCUT2D eigenvalue weighted by Gasteiger charge is 2.19. The first-order valence-electron chi connectivity index (χ1n) is 10.5. The molecule has 0 spiro atoms. The van der Waals surface area contributed by atoms with Crippen LogP contribution in [0, 0.1) is 0 Å². The molecule has 29 heavy (non-hydrogen) atoms. The first-order chi connectivity index (χ1) is 14.1. The fraction of sp³-hybridized carbons (Fsp3) is 0.714. The molecule has 2 unspecified atom stereocenters. The number of hydrogen-bond donors (Lipinski definition) is 3. The Morgan fingerprint density at radius 3 is 2.93 bits per heavy atom. The first-order valence-corrected chi connectivity index (χ1v) is 10.5. The molecule has 2 heterocycles. The molecule has 0 bridgehead atoms. The van der Waals surface area contributed by atoms with Crippen molar-refractivity contribution >= 4 is 11.8 Å². The van der Waals surface area contributed by atoms with Gasteiger partial charge >= 0.3 is 5.97 Å². The van der Waals surface area contributed by atoms with E-state index in [1.54, 1.807) is 7.05 Å². The topological polar surface area (TPSA) is 86.7 Å². The number of carboxylic acids is 1. The molecule has 0 saturated carbocycles. The van der Waals surface area contributed by atoms with Crippen molar-refractivity contribution in [2.45, 2.75) is 50.7 Å². The molecule has 0 radical (unpaired) electrons. The van der Waals surface area contributed by atoms with E-state index in [2.05, 4.69) is 27.7 Å². The van der Waals surface area contributed by atoms with E-state index in [0.717, 1.165) is 56.7 Å². The minimum absolute atomic E-state index is 0.462. The van der Waals surface area contributed by atoms with Crippen molar-refractivity contribution in [1.82, 2.24) is 15.2 Å². The average molecular weight is 411 g/mol. The zero-order valence-corrected chi connectivity index (χ0v) is 17.6. The molecular formula is C21H35FN4O3. The summed E-state index contributed by atoms with van der Waals surface area (Å²) < 4.78 is 18.3. The van der Waals surface area contributed by atoms with Crippen LogP contribution in [0.25, 0.3) is 0 Å². The lowest BCUT2D eigenvalue weighted by Gasteiger charge is -2.26. The van der Waals surface area contributed by atoms with Gasteiger partial charge in [0.05, 0.1) is 6.10 Å². The molecule has 0 amide bonds. The fourth-order valence-electron chi connectivity index (χ4n) is 3.62. The Morgan fingerprint density at radius 2 is 2.24 bits per heavy atom. The number of unbranched alkanes of at least 4 members (excludes halogenated alkanes) is 1. The zero-order valence-electron chi connectivity index (χ0n) is 17.6. The Labute approximate surface area is 173 Å². The van der Waals surface area contributed by atoms with Crippen LogP contribution >= 0.6 is 0 Å². The number of anilines is 1. The summed E-state index contributed by atoms with van der Waals surface area (Å²) in [5.74, 6) is 0.154. The van der Waals surface area contributed by atoms with Gasteiger partial charge in [-0.25, -0.2) is 9.37 Å². The number of nitrogens with zero attached hydrogens (tertiary/aromatic N) is 2. The Bertz CT molecular complexity index is 628. The van der Waals surface area contributed by atoms with Crippen molar-refractivity contribution in [3.05, 3.63) is 23.4 Å². The molecule has 1 aliphatic rings. The van der Waals surface area contributed by atoms with Crippen LogP contribution in [-0.4, -0.2) is 80.1 Å². The quantitative estimate of drug-likeness (QED) is 0.405. The number of aryl methyl sites for hydroxylation is 2. The van der Waals surface area contributed by atoms with E-state index in [4.69, 9.17) is 9.72 Å². The monoisotopic (exact) mass is 410 g/mol. The Morgan fingerprint density at radius 1 is 1.41 bits per heavy atom. The summed E-state index contributed by atoms with van der Waals surface area (Å²) in [5.41, 5.74) is 2.38. The Balaban J connectivity index is 1.81. The van der Waals surface area contributed by atoms with Crippen LogP contribution in [0.3, 0.4) is 0 Å². The molecular weight excluding hydrogens is 375 g/mol. The predicted octanol–water partition coefficient (Wildman–Crippen LogP) is 2.11. The second-order valence-electron chi connectivity index (χ2n) is 7.58. The van der Waals surface area contributed by atoms with Crippen molar-refractivity contribution < 1.29 is 19.0 Å².